The second-order valence-electron chi connectivity index (χ2n) is 6.19. The highest BCUT2D eigenvalue weighted by Crippen LogP contribution is 2.41. The second kappa shape index (κ2) is 8.62. The van der Waals surface area contributed by atoms with Gasteiger partial charge in [-0.3, -0.25) is 9.59 Å². The van der Waals surface area contributed by atoms with Crippen molar-refractivity contribution in [3.63, 3.8) is 0 Å². The van der Waals surface area contributed by atoms with Crippen molar-refractivity contribution in [1.82, 2.24) is 5.32 Å². The summed E-state index contributed by atoms with van der Waals surface area (Å²) in [6, 6.07) is 9.99. The van der Waals surface area contributed by atoms with E-state index in [1.807, 2.05) is 30.3 Å². The number of ketones is 1. The molecule has 2 unspecified atom stereocenters. The molecule has 0 saturated heterocycles. The molecular weight excluding hydrogens is 306 g/mol. The molecule has 24 heavy (non-hydrogen) atoms. The van der Waals surface area contributed by atoms with Crippen molar-refractivity contribution in [3.05, 3.63) is 35.9 Å². The van der Waals surface area contributed by atoms with Gasteiger partial charge in [-0.25, -0.2) is 0 Å². The molecule has 0 spiro atoms. The summed E-state index contributed by atoms with van der Waals surface area (Å²) in [5.41, 5.74) is 1.19. The van der Waals surface area contributed by atoms with E-state index in [0.717, 1.165) is 19.3 Å². The van der Waals surface area contributed by atoms with Gasteiger partial charge in [0.05, 0.1) is 6.54 Å². The van der Waals surface area contributed by atoms with Crippen LogP contribution >= 0.6 is 0 Å². The Morgan fingerprint density at radius 3 is 2.58 bits per heavy atom. The number of hydrogen-bond donors (Lipinski definition) is 3. The van der Waals surface area contributed by atoms with E-state index in [1.165, 1.54) is 5.56 Å². The van der Waals surface area contributed by atoms with E-state index < -0.39 is 23.9 Å². The molecule has 1 aliphatic carbocycles. The molecule has 5 heteroatoms. The van der Waals surface area contributed by atoms with Crippen LogP contribution in [0.4, 0.5) is 0 Å². The molecule has 0 heterocycles. The molecule has 1 fully saturated rings. The molecule has 0 aliphatic heterocycles. The van der Waals surface area contributed by atoms with E-state index >= 15 is 0 Å². The molecule has 1 aliphatic rings. The Bertz CT molecular complexity index is 608. The lowest BCUT2D eigenvalue weighted by molar-refractivity contribution is -0.145. The molecule has 4 atom stereocenters. The van der Waals surface area contributed by atoms with E-state index in [1.54, 1.807) is 0 Å². The highest BCUT2D eigenvalue weighted by molar-refractivity contribution is 5.92. The molecule has 3 N–H and O–H groups in total. The number of aliphatic hydroxyl groups excluding tert-OH is 2. The number of hydrogen-bond acceptors (Lipinski definition) is 4. The van der Waals surface area contributed by atoms with E-state index in [4.69, 9.17) is 6.42 Å². The van der Waals surface area contributed by atoms with Crippen molar-refractivity contribution in [2.24, 2.45) is 5.92 Å². The summed E-state index contributed by atoms with van der Waals surface area (Å²) in [4.78, 5) is 23.9. The minimum atomic E-state index is -1.79. The third-order valence-electron chi connectivity index (χ3n) is 4.61. The molecule has 1 aromatic carbocycles. The predicted molar refractivity (Wildman–Crippen MR) is 90.0 cm³/mol. The number of terminal acetylenes is 1. The molecular formula is C19H23NO4. The number of nitrogens with one attached hydrogen (secondary N) is 1. The summed E-state index contributed by atoms with van der Waals surface area (Å²) in [5.74, 6) is 1.25. The Labute approximate surface area is 142 Å². The zero-order valence-corrected chi connectivity index (χ0v) is 13.5. The van der Waals surface area contributed by atoms with Crippen LogP contribution in [0.25, 0.3) is 0 Å². The van der Waals surface area contributed by atoms with Crippen LogP contribution in [0, 0.1) is 18.3 Å². The number of Topliss-reactive ketones (excluding diaryl/α,β-unsaturated/α-hetero) is 1. The van der Waals surface area contributed by atoms with Crippen LogP contribution < -0.4 is 5.32 Å². The number of carbonyl (C=O) groups excluding carboxylic acids is 2. The second-order valence-corrected chi connectivity index (χ2v) is 6.19. The molecule has 0 radical (unpaired) electrons. The third kappa shape index (κ3) is 4.44. The maximum Gasteiger partial charge on any atom is 0.252 e. The average molecular weight is 329 g/mol. The first-order chi connectivity index (χ1) is 11.5. The van der Waals surface area contributed by atoms with Crippen LogP contribution in [0.1, 0.15) is 37.2 Å². The molecule has 2 rings (SSSR count). The molecule has 1 aromatic rings. The lowest BCUT2D eigenvalue weighted by Gasteiger charge is -2.22. The fourth-order valence-corrected chi connectivity index (χ4v) is 3.36. The van der Waals surface area contributed by atoms with Crippen LogP contribution in [0.15, 0.2) is 30.3 Å². The van der Waals surface area contributed by atoms with Gasteiger partial charge in [-0.2, -0.15) is 0 Å². The maximum absolute atomic E-state index is 12.3. The molecule has 1 amide bonds. The smallest absolute Gasteiger partial charge is 0.252 e. The van der Waals surface area contributed by atoms with Gasteiger partial charge in [0.25, 0.3) is 5.91 Å². The van der Waals surface area contributed by atoms with E-state index in [9.17, 15) is 19.8 Å². The van der Waals surface area contributed by atoms with Gasteiger partial charge in [0.1, 0.15) is 6.10 Å². The number of amides is 1. The van der Waals surface area contributed by atoms with Gasteiger partial charge in [0.15, 0.2) is 11.9 Å². The fourth-order valence-electron chi connectivity index (χ4n) is 3.36. The first-order valence-electron chi connectivity index (χ1n) is 8.19. The van der Waals surface area contributed by atoms with Crippen LogP contribution in [0.5, 0.6) is 0 Å². The zero-order valence-electron chi connectivity index (χ0n) is 13.5. The number of rotatable bonds is 7. The Morgan fingerprint density at radius 2 is 1.92 bits per heavy atom. The average Bonchev–Trinajstić information content (AvgIpc) is 3.07. The minimum Gasteiger partial charge on any atom is -0.382 e. The van der Waals surface area contributed by atoms with Gasteiger partial charge < -0.3 is 15.5 Å². The Kier molecular flexibility index (Phi) is 6.53. The monoisotopic (exact) mass is 329 g/mol. The summed E-state index contributed by atoms with van der Waals surface area (Å²) in [6.45, 7) is -0.0600. The maximum atomic E-state index is 12.3. The summed E-state index contributed by atoms with van der Waals surface area (Å²) < 4.78 is 0. The van der Waals surface area contributed by atoms with E-state index in [0.29, 0.717) is 0 Å². The van der Waals surface area contributed by atoms with Gasteiger partial charge in [-0.05, 0) is 30.2 Å². The molecule has 0 bridgehead atoms. The summed E-state index contributed by atoms with van der Waals surface area (Å²) >= 11 is 0. The quantitative estimate of drug-likeness (QED) is 0.652. The van der Waals surface area contributed by atoms with Gasteiger partial charge in [-0.15, -0.1) is 6.42 Å². The van der Waals surface area contributed by atoms with Gasteiger partial charge >= 0.3 is 0 Å². The van der Waals surface area contributed by atoms with Crippen molar-refractivity contribution in [1.29, 1.82) is 0 Å². The largest absolute Gasteiger partial charge is 0.382 e. The van der Waals surface area contributed by atoms with Crippen molar-refractivity contribution >= 4 is 11.7 Å². The van der Waals surface area contributed by atoms with E-state index in [-0.39, 0.29) is 24.8 Å². The minimum absolute atomic E-state index is 0.0600. The Hall–Kier alpha value is -2.16. The van der Waals surface area contributed by atoms with Crippen LogP contribution in [0.2, 0.25) is 0 Å². The van der Waals surface area contributed by atoms with Gasteiger partial charge in [0, 0.05) is 6.42 Å². The first kappa shape index (κ1) is 18.2. The number of benzene rings is 1. The lowest BCUT2D eigenvalue weighted by Crippen LogP contribution is -2.46. The van der Waals surface area contributed by atoms with Crippen molar-refractivity contribution in [2.45, 2.75) is 43.8 Å². The van der Waals surface area contributed by atoms with Crippen LogP contribution in [-0.2, 0) is 9.59 Å². The van der Waals surface area contributed by atoms with Gasteiger partial charge in [-0.1, -0.05) is 42.7 Å². The number of carbonyl (C=O) groups is 2. The van der Waals surface area contributed by atoms with Crippen LogP contribution in [0.3, 0.4) is 0 Å². The molecule has 0 aromatic heterocycles. The van der Waals surface area contributed by atoms with Gasteiger partial charge in [0.2, 0.25) is 0 Å². The predicted octanol–water partition coefficient (Wildman–Crippen LogP) is 1.00. The van der Waals surface area contributed by atoms with Crippen molar-refractivity contribution in [3.8, 4) is 12.3 Å². The standard InChI is InChI=1S/C19H23NO4/c1-2-11-20-19(24)18(23)17(22)16(21)12-14-9-6-10-15(14)13-7-4-3-5-8-13/h1,3-5,7-8,14-15,17-18,22-23H,6,9-12H2,(H,20,24)/t14?,15?,17-,18+/m0/s1. The Morgan fingerprint density at radius 1 is 1.21 bits per heavy atom. The zero-order chi connectivity index (χ0) is 17.5. The summed E-state index contributed by atoms with van der Waals surface area (Å²) in [7, 11) is 0. The normalized spacial score (nSPS) is 22.4. The molecule has 128 valence electrons. The third-order valence-corrected chi connectivity index (χ3v) is 4.61. The van der Waals surface area contributed by atoms with Crippen molar-refractivity contribution < 1.29 is 19.8 Å². The summed E-state index contributed by atoms with van der Waals surface area (Å²) in [6.07, 6.45) is 4.59. The number of aliphatic hydroxyl groups is 2. The van der Waals surface area contributed by atoms with Crippen molar-refractivity contribution in [2.75, 3.05) is 6.54 Å². The molecule has 5 nitrogen and oxygen atoms in total. The highest BCUT2D eigenvalue weighted by atomic mass is 16.3. The van der Waals surface area contributed by atoms with Crippen LogP contribution in [-0.4, -0.2) is 40.7 Å². The fraction of sp³-hybridized carbons (Fsp3) is 0.474. The topological polar surface area (TPSA) is 86.6 Å². The molecule has 1 saturated carbocycles. The highest BCUT2D eigenvalue weighted by Gasteiger charge is 2.35. The lowest BCUT2D eigenvalue weighted by atomic mass is 9.84. The first-order valence-corrected chi connectivity index (χ1v) is 8.19. The Balaban J connectivity index is 1.95. The summed E-state index contributed by atoms with van der Waals surface area (Å²) in [5, 5.41) is 22.0. The van der Waals surface area contributed by atoms with E-state index in [2.05, 4.69) is 11.2 Å². The SMILES string of the molecule is C#CCNC(=O)[C@H](O)[C@@H](O)C(=O)CC1CCCC1c1ccccc1.